The average Bonchev–Trinajstić information content (AvgIpc) is 3.06. The van der Waals surface area contributed by atoms with E-state index in [1.807, 2.05) is 18.2 Å². The second-order valence-electron chi connectivity index (χ2n) is 7.76. The molecule has 1 aliphatic heterocycles. The van der Waals surface area contributed by atoms with Gasteiger partial charge in [0.05, 0.1) is 11.1 Å². The lowest BCUT2D eigenvalue weighted by molar-refractivity contribution is -0.116. The first-order chi connectivity index (χ1) is 16.0. The summed E-state index contributed by atoms with van der Waals surface area (Å²) in [6.45, 7) is 1.94. The normalized spacial score (nSPS) is 12.5. The minimum Gasteiger partial charge on any atom is -0.326 e. The zero-order chi connectivity index (χ0) is 23.4. The van der Waals surface area contributed by atoms with Crippen LogP contribution in [0.2, 0.25) is 0 Å². The van der Waals surface area contributed by atoms with Crippen LogP contribution in [0, 0.1) is 6.92 Å². The molecular formula is C26H23N3O4. The maximum Gasteiger partial charge on any atom is 0.261 e. The van der Waals surface area contributed by atoms with Crippen molar-refractivity contribution in [1.29, 1.82) is 0 Å². The van der Waals surface area contributed by atoms with Crippen molar-refractivity contribution in [3.8, 4) is 0 Å². The van der Waals surface area contributed by atoms with Crippen LogP contribution in [0.15, 0.2) is 72.8 Å². The summed E-state index contributed by atoms with van der Waals surface area (Å²) in [5.41, 5.74) is 3.13. The molecule has 3 aromatic rings. The van der Waals surface area contributed by atoms with Gasteiger partial charge in [-0.1, -0.05) is 36.4 Å². The predicted octanol–water partition coefficient (Wildman–Crippen LogP) is 4.26. The first-order valence-electron chi connectivity index (χ1n) is 10.7. The van der Waals surface area contributed by atoms with Gasteiger partial charge < -0.3 is 10.6 Å². The molecule has 33 heavy (non-hydrogen) atoms. The maximum atomic E-state index is 12.7. The highest BCUT2D eigenvalue weighted by Gasteiger charge is 2.34. The van der Waals surface area contributed by atoms with Gasteiger partial charge in [-0.05, 0) is 55.3 Å². The van der Waals surface area contributed by atoms with E-state index in [0.717, 1.165) is 0 Å². The molecule has 166 valence electrons. The molecule has 0 unspecified atom stereocenters. The zero-order valence-electron chi connectivity index (χ0n) is 18.1. The Kier molecular flexibility index (Phi) is 6.31. The van der Waals surface area contributed by atoms with Crippen LogP contribution in [0.25, 0.3) is 0 Å². The largest absolute Gasteiger partial charge is 0.326 e. The number of carbonyl (C=O) groups is 4. The summed E-state index contributed by atoms with van der Waals surface area (Å²) in [4.78, 5) is 51.2. The summed E-state index contributed by atoms with van der Waals surface area (Å²) in [6, 6.07) is 21.0. The van der Waals surface area contributed by atoms with E-state index in [-0.39, 0.29) is 36.6 Å². The number of carbonyl (C=O) groups excluding carboxylic acids is 4. The van der Waals surface area contributed by atoms with E-state index in [1.165, 1.54) is 4.90 Å². The Labute approximate surface area is 191 Å². The third-order valence-electron chi connectivity index (χ3n) is 5.55. The van der Waals surface area contributed by atoms with Gasteiger partial charge in [-0.3, -0.25) is 24.1 Å². The Bertz CT molecular complexity index is 1200. The van der Waals surface area contributed by atoms with Crippen LogP contribution in [0.1, 0.15) is 49.5 Å². The molecule has 0 fully saturated rings. The van der Waals surface area contributed by atoms with Crippen LogP contribution in [0.4, 0.5) is 11.4 Å². The van der Waals surface area contributed by atoms with Crippen molar-refractivity contribution in [3.05, 3.63) is 95.1 Å². The highest BCUT2D eigenvalue weighted by atomic mass is 16.2. The van der Waals surface area contributed by atoms with E-state index in [1.54, 1.807) is 61.5 Å². The van der Waals surface area contributed by atoms with Crippen molar-refractivity contribution in [2.24, 2.45) is 0 Å². The third kappa shape index (κ3) is 4.67. The minimum atomic E-state index is -0.330. The molecule has 1 heterocycles. The summed E-state index contributed by atoms with van der Waals surface area (Å²) < 4.78 is 0. The number of para-hydroxylation sites is 1. The molecule has 4 amide bonds. The van der Waals surface area contributed by atoms with Crippen LogP contribution in [0.5, 0.6) is 0 Å². The number of hydrogen-bond donors (Lipinski definition) is 2. The van der Waals surface area contributed by atoms with Crippen LogP contribution in [-0.2, 0) is 4.79 Å². The fourth-order valence-corrected chi connectivity index (χ4v) is 3.79. The van der Waals surface area contributed by atoms with E-state index in [0.29, 0.717) is 40.0 Å². The molecule has 3 aromatic carbocycles. The van der Waals surface area contributed by atoms with Crippen LogP contribution in [0.3, 0.4) is 0 Å². The summed E-state index contributed by atoms with van der Waals surface area (Å²) in [5, 5.41) is 5.67. The van der Waals surface area contributed by atoms with Crippen molar-refractivity contribution >= 4 is 35.0 Å². The van der Waals surface area contributed by atoms with E-state index >= 15 is 0 Å². The number of anilines is 2. The molecule has 0 aromatic heterocycles. The van der Waals surface area contributed by atoms with Gasteiger partial charge >= 0.3 is 0 Å². The molecule has 0 atom stereocenters. The lowest BCUT2D eigenvalue weighted by atomic mass is 10.1. The Balaban J connectivity index is 1.34. The second kappa shape index (κ2) is 9.48. The monoisotopic (exact) mass is 441 g/mol. The van der Waals surface area contributed by atoms with E-state index in [9.17, 15) is 19.2 Å². The number of imide groups is 1. The Hall–Kier alpha value is -4.26. The lowest BCUT2D eigenvalue weighted by Gasteiger charge is -2.15. The SMILES string of the molecule is Cc1c(NC(=O)CCCN2C(=O)c3ccccc3C2=O)cccc1C(=O)Nc1ccccc1. The Morgan fingerprint density at radius 1 is 0.788 bits per heavy atom. The van der Waals surface area contributed by atoms with Gasteiger partial charge in [0, 0.05) is 29.9 Å². The molecule has 1 aliphatic rings. The van der Waals surface area contributed by atoms with Crippen molar-refractivity contribution in [2.75, 3.05) is 17.2 Å². The second-order valence-corrected chi connectivity index (χ2v) is 7.76. The molecule has 7 nitrogen and oxygen atoms in total. The number of fused-ring (bicyclic) bond motifs is 1. The van der Waals surface area contributed by atoms with Gasteiger partial charge in [0.15, 0.2) is 0 Å². The van der Waals surface area contributed by atoms with Crippen LogP contribution >= 0.6 is 0 Å². The fourth-order valence-electron chi connectivity index (χ4n) is 3.79. The predicted molar refractivity (Wildman–Crippen MR) is 125 cm³/mol. The van der Waals surface area contributed by atoms with Gasteiger partial charge in [0.25, 0.3) is 17.7 Å². The van der Waals surface area contributed by atoms with Gasteiger partial charge in [-0.2, -0.15) is 0 Å². The molecule has 7 heteroatoms. The number of nitrogens with zero attached hydrogens (tertiary/aromatic N) is 1. The summed E-state index contributed by atoms with van der Waals surface area (Å²) in [6.07, 6.45) is 0.470. The summed E-state index contributed by atoms with van der Waals surface area (Å²) >= 11 is 0. The number of amides is 4. The molecule has 2 N–H and O–H groups in total. The number of benzene rings is 3. The fraction of sp³-hybridized carbons (Fsp3) is 0.154. The topological polar surface area (TPSA) is 95.6 Å². The Morgan fingerprint density at radius 2 is 1.42 bits per heavy atom. The smallest absolute Gasteiger partial charge is 0.261 e. The van der Waals surface area contributed by atoms with Crippen LogP contribution < -0.4 is 10.6 Å². The highest BCUT2D eigenvalue weighted by Crippen LogP contribution is 2.23. The minimum absolute atomic E-state index is 0.132. The quantitative estimate of drug-likeness (QED) is 0.536. The van der Waals surface area contributed by atoms with Gasteiger partial charge in [0.1, 0.15) is 0 Å². The standard InChI is InChI=1S/C26H23N3O4/c1-17-19(24(31)27-18-9-3-2-4-10-18)13-7-14-22(17)28-23(30)15-8-16-29-25(32)20-11-5-6-12-21(20)26(29)33/h2-7,9-14H,8,15-16H2,1H3,(H,27,31)(H,28,30). The summed E-state index contributed by atoms with van der Waals surface area (Å²) in [7, 11) is 0. The van der Waals surface area contributed by atoms with Gasteiger partial charge in [-0.15, -0.1) is 0 Å². The number of nitrogens with one attached hydrogen (secondary N) is 2. The molecule has 0 radical (unpaired) electrons. The lowest BCUT2D eigenvalue weighted by Crippen LogP contribution is -2.31. The molecule has 0 saturated carbocycles. The molecular weight excluding hydrogens is 418 g/mol. The molecule has 0 aliphatic carbocycles. The molecule has 0 spiro atoms. The average molecular weight is 441 g/mol. The highest BCUT2D eigenvalue weighted by molar-refractivity contribution is 6.21. The molecule has 4 rings (SSSR count). The Morgan fingerprint density at radius 3 is 2.09 bits per heavy atom. The molecule has 0 saturated heterocycles. The molecule has 0 bridgehead atoms. The van der Waals surface area contributed by atoms with Gasteiger partial charge in [-0.25, -0.2) is 0 Å². The van der Waals surface area contributed by atoms with Crippen molar-refractivity contribution in [3.63, 3.8) is 0 Å². The van der Waals surface area contributed by atoms with E-state index < -0.39 is 0 Å². The number of rotatable bonds is 7. The third-order valence-corrected chi connectivity index (χ3v) is 5.55. The first-order valence-corrected chi connectivity index (χ1v) is 10.7. The van der Waals surface area contributed by atoms with E-state index in [4.69, 9.17) is 0 Å². The maximum absolute atomic E-state index is 12.7. The first kappa shape index (κ1) is 22.0. The van der Waals surface area contributed by atoms with Gasteiger partial charge in [0.2, 0.25) is 5.91 Å². The number of hydrogen-bond acceptors (Lipinski definition) is 4. The summed E-state index contributed by atoms with van der Waals surface area (Å²) in [5.74, 6) is -1.18. The van der Waals surface area contributed by atoms with E-state index in [2.05, 4.69) is 10.6 Å². The van der Waals surface area contributed by atoms with Crippen molar-refractivity contribution in [2.45, 2.75) is 19.8 Å². The van der Waals surface area contributed by atoms with Crippen molar-refractivity contribution < 1.29 is 19.2 Å². The zero-order valence-corrected chi connectivity index (χ0v) is 18.1. The van der Waals surface area contributed by atoms with Crippen LogP contribution in [-0.4, -0.2) is 35.1 Å². The van der Waals surface area contributed by atoms with Crippen molar-refractivity contribution in [1.82, 2.24) is 4.90 Å².